The van der Waals surface area contributed by atoms with Gasteiger partial charge >= 0.3 is 0 Å². The fourth-order valence-electron chi connectivity index (χ4n) is 3.26. The molecule has 0 spiro atoms. The van der Waals surface area contributed by atoms with Crippen LogP contribution in [-0.2, 0) is 4.79 Å². The van der Waals surface area contributed by atoms with Gasteiger partial charge in [0.25, 0.3) is 11.5 Å². The SMILES string of the molecule is CCCCCN1C(=O)/C(=C\c2c(Oc3ccccc3Cl)nc3ccccn3c2=O)SC1=S. The number of carbonyl (C=O) groups is 1. The predicted molar refractivity (Wildman–Crippen MR) is 132 cm³/mol. The van der Waals surface area contributed by atoms with E-state index in [9.17, 15) is 9.59 Å². The molecule has 0 aliphatic carbocycles. The molecule has 3 aromatic rings. The fourth-order valence-corrected chi connectivity index (χ4v) is 4.72. The van der Waals surface area contributed by atoms with E-state index >= 15 is 0 Å². The van der Waals surface area contributed by atoms with Crippen LogP contribution in [0.1, 0.15) is 31.7 Å². The molecular formula is C23H20ClN3O3S2. The van der Waals surface area contributed by atoms with Crippen LogP contribution in [0, 0.1) is 0 Å². The summed E-state index contributed by atoms with van der Waals surface area (Å²) in [5.41, 5.74) is 0.223. The molecule has 0 saturated carbocycles. The summed E-state index contributed by atoms with van der Waals surface area (Å²) in [6.45, 7) is 2.67. The molecule has 0 bridgehead atoms. The lowest BCUT2D eigenvalue weighted by Crippen LogP contribution is -2.29. The molecule has 1 amide bonds. The molecule has 0 atom stereocenters. The monoisotopic (exact) mass is 485 g/mol. The van der Waals surface area contributed by atoms with Crippen molar-refractivity contribution in [2.45, 2.75) is 26.2 Å². The normalized spacial score (nSPS) is 15.2. The second kappa shape index (κ2) is 9.85. The van der Waals surface area contributed by atoms with Gasteiger partial charge in [-0.1, -0.05) is 73.5 Å². The Bertz CT molecular complexity index is 1290. The van der Waals surface area contributed by atoms with E-state index in [4.69, 9.17) is 28.6 Å². The summed E-state index contributed by atoms with van der Waals surface area (Å²) in [6, 6.07) is 12.2. The highest BCUT2D eigenvalue weighted by atomic mass is 35.5. The number of benzene rings is 1. The van der Waals surface area contributed by atoms with Crippen LogP contribution in [-0.4, -0.2) is 31.1 Å². The molecule has 1 fully saturated rings. The maximum absolute atomic E-state index is 13.3. The van der Waals surface area contributed by atoms with Gasteiger partial charge in [0.2, 0.25) is 5.88 Å². The molecule has 4 rings (SSSR count). The molecule has 1 saturated heterocycles. The molecule has 1 aliphatic heterocycles. The summed E-state index contributed by atoms with van der Waals surface area (Å²) in [5, 5.41) is 0.385. The summed E-state index contributed by atoms with van der Waals surface area (Å²) in [5.74, 6) is 0.228. The number of nitrogens with zero attached hydrogens (tertiary/aromatic N) is 3. The van der Waals surface area contributed by atoms with Crippen molar-refractivity contribution < 1.29 is 9.53 Å². The number of halogens is 1. The first kappa shape index (κ1) is 22.5. The van der Waals surface area contributed by atoms with Crippen LogP contribution >= 0.6 is 35.6 Å². The predicted octanol–water partition coefficient (Wildman–Crippen LogP) is 5.53. The molecular weight excluding hydrogens is 466 g/mol. The smallest absolute Gasteiger partial charge is 0.269 e. The van der Waals surface area contributed by atoms with E-state index in [0.29, 0.717) is 32.2 Å². The number of amides is 1. The average molecular weight is 486 g/mol. The summed E-state index contributed by atoms with van der Waals surface area (Å²) in [6.07, 6.45) is 6.07. The number of fused-ring (bicyclic) bond motifs is 1. The van der Waals surface area contributed by atoms with Crippen LogP contribution in [0.3, 0.4) is 0 Å². The van der Waals surface area contributed by atoms with Gasteiger partial charge in [-0.25, -0.2) is 0 Å². The van der Waals surface area contributed by atoms with Crippen molar-refractivity contribution in [2.75, 3.05) is 6.54 Å². The number of rotatable bonds is 7. The Hall–Kier alpha value is -2.68. The van der Waals surface area contributed by atoms with E-state index < -0.39 is 0 Å². The first-order valence-corrected chi connectivity index (χ1v) is 11.8. The number of hydrogen-bond donors (Lipinski definition) is 0. The zero-order chi connectivity index (χ0) is 22.7. The minimum Gasteiger partial charge on any atom is -0.437 e. The van der Waals surface area contributed by atoms with E-state index in [1.54, 1.807) is 53.6 Å². The Morgan fingerprint density at radius 1 is 1.16 bits per heavy atom. The number of ether oxygens (including phenoxy) is 1. The molecule has 2 aromatic heterocycles. The van der Waals surface area contributed by atoms with Gasteiger partial charge in [-0.2, -0.15) is 4.98 Å². The second-order valence-electron chi connectivity index (χ2n) is 7.14. The van der Waals surface area contributed by atoms with E-state index in [1.807, 2.05) is 0 Å². The lowest BCUT2D eigenvalue weighted by Gasteiger charge is -2.13. The van der Waals surface area contributed by atoms with Crippen molar-refractivity contribution in [3.63, 3.8) is 0 Å². The Balaban J connectivity index is 1.78. The van der Waals surface area contributed by atoms with Crippen LogP contribution in [0.25, 0.3) is 11.7 Å². The van der Waals surface area contributed by atoms with E-state index in [1.165, 1.54) is 22.2 Å². The third-order valence-corrected chi connectivity index (χ3v) is 6.60. The highest BCUT2D eigenvalue weighted by Crippen LogP contribution is 2.35. The van der Waals surface area contributed by atoms with Crippen molar-refractivity contribution in [1.29, 1.82) is 0 Å². The number of para-hydroxylation sites is 1. The van der Waals surface area contributed by atoms with Gasteiger partial charge in [0.15, 0.2) is 0 Å². The highest BCUT2D eigenvalue weighted by molar-refractivity contribution is 8.26. The number of unbranched alkanes of at least 4 members (excludes halogenated alkanes) is 2. The van der Waals surface area contributed by atoms with Crippen LogP contribution in [0.2, 0.25) is 5.02 Å². The molecule has 1 aromatic carbocycles. The number of thiocarbonyl (C=S) groups is 1. The zero-order valence-electron chi connectivity index (χ0n) is 17.3. The lowest BCUT2D eigenvalue weighted by atomic mass is 10.2. The van der Waals surface area contributed by atoms with Gasteiger partial charge < -0.3 is 4.74 Å². The molecule has 6 nitrogen and oxygen atoms in total. The third-order valence-electron chi connectivity index (χ3n) is 4.91. The quantitative estimate of drug-likeness (QED) is 0.249. The van der Waals surface area contributed by atoms with Crippen molar-refractivity contribution in [1.82, 2.24) is 14.3 Å². The van der Waals surface area contributed by atoms with Gasteiger partial charge in [0.05, 0.1) is 9.93 Å². The first-order chi connectivity index (χ1) is 15.5. The minimum atomic E-state index is -0.353. The highest BCUT2D eigenvalue weighted by Gasteiger charge is 2.32. The minimum absolute atomic E-state index is 0.0746. The summed E-state index contributed by atoms with van der Waals surface area (Å²) in [4.78, 5) is 32.7. The molecule has 3 heterocycles. The molecule has 9 heteroatoms. The summed E-state index contributed by atoms with van der Waals surface area (Å²) in [7, 11) is 0. The van der Waals surface area contributed by atoms with Crippen LogP contribution in [0.15, 0.2) is 58.4 Å². The third kappa shape index (κ3) is 4.57. The molecule has 164 valence electrons. The second-order valence-corrected chi connectivity index (χ2v) is 9.22. The Kier molecular flexibility index (Phi) is 6.93. The number of thioether (sulfide) groups is 1. The molecule has 1 aliphatic rings. The van der Waals surface area contributed by atoms with Gasteiger partial charge in [-0.15, -0.1) is 0 Å². The maximum Gasteiger partial charge on any atom is 0.269 e. The topological polar surface area (TPSA) is 63.9 Å². The molecule has 0 N–H and O–H groups in total. The fraction of sp³-hybridized carbons (Fsp3) is 0.217. The summed E-state index contributed by atoms with van der Waals surface area (Å²) >= 11 is 12.8. The number of aromatic nitrogens is 2. The van der Waals surface area contributed by atoms with Crippen molar-refractivity contribution in [2.24, 2.45) is 0 Å². The van der Waals surface area contributed by atoms with E-state index in [-0.39, 0.29) is 22.9 Å². The number of hydrogen-bond acceptors (Lipinski definition) is 6. The van der Waals surface area contributed by atoms with Gasteiger partial charge in [-0.3, -0.25) is 18.9 Å². The van der Waals surface area contributed by atoms with Gasteiger partial charge in [0.1, 0.15) is 21.3 Å². The summed E-state index contributed by atoms with van der Waals surface area (Å²) < 4.78 is 7.84. The van der Waals surface area contributed by atoms with Crippen molar-refractivity contribution >= 4 is 57.5 Å². The number of pyridine rings is 1. The van der Waals surface area contributed by atoms with Crippen LogP contribution in [0.5, 0.6) is 11.6 Å². The maximum atomic E-state index is 13.3. The Morgan fingerprint density at radius 2 is 1.94 bits per heavy atom. The van der Waals surface area contributed by atoms with Crippen LogP contribution < -0.4 is 10.3 Å². The van der Waals surface area contributed by atoms with Crippen LogP contribution in [0.4, 0.5) is 0 Å². The van der Waals surface area contributed by atoms with E-state index in [2.05, 4.69) is 11.9 Å². The Morgan fingerprint density at radius 3 is 2.72 bits per heavy atom. The number of carbonyl (C=O) groups excluding carboxylic acids is 1. The molecule has 0 radical (unpaired) electrons. The largest absolute Gasteiger partial charge is 0.437 e. The lowest BCUT2D eigenvalue weighted by molar-refractivity contribution is -0.122. The van der Waals surface area contributed by atoms with Crippen molar-refractivity contribution in [3.05, 3.63) is 74.5 Å². The molecule has 32 heavy (non-hydrogen) atoms. The Labute approximate surface area is 199 Å². The molecule has 0 unspecified atom stereocenters. The van der Waals surface area contributed by atoms with Gasteiger partial charge in [0, 0.05) is 12.7 Å². The zero-order valence-corrected chi connectivity index (χ0v) is 19.7. The standard InChI is InChI=1S/C23H20ClN3O3S2/c1-2-3-7-13-27-22(29)18(32-23(27)31)14-15-20(30-17-10-5-4-9-16(17)24)25-19-11-6-8-12-26(19)21(15)28/h4-6,8-12,14H,2-3,7,13H2,1H3/b18-14+. The average Bonchev–Trinajstić information content (AvgIpc) is 3.05. The van der Waals surface area contributed by atoms with Crippen molar-refractivity contribution in [3.8, 4) is 11.6 Å². The van der Waals surface area contributed by atoms with Gasteiger partial charge in [-0.05, 0) is 36.8 Å². The van der Waals surface area contributed by atoms with E-state index in [0.717, 1.165) is 19.3 Å². The first-order valence-electron chi connectivity index (χ1n) is 10.2.